The van der Waals surface area contributed by atoms with E-state index in [4.69, 9.17) is 28.9 Å². The molecule has 0 unspecified atom stereocenters. The van der Waals surface area contributed by atoms with Crippen LogP contribution in [0.3, 0.4) is 0 Å². The number of halogens is 4. The molecule has 1 aliphatic heterocycles. The van der Waals surface area contributed by atoms with Crippen LogP contribution in [-0.2, 0) is 0 Å². The summed E-state index contributed by atoms with van der Waals surface area (Å²) in [5.74, 6) is 0.184. The molecule has 0 saturated carbocycles. The van der Waals surface area contributed by atoms with E-state index in [-0.39, 0.29) is 33.2 Å². The number of benzene rings is 1. The van der Waals surface area contributed by atoms with Gasteiger partial charge < -0.3 is 20.5 Å². The second-order valence-corrected chi connectivity index (χ2v) is 4.95. The minimum atomic E-state index is -3.67. The maximum Gasteiger partial charge on any atom is 0.586 e. The van der Waals surface area contributed by atoms with Crippen molar-refractivity contribution in [3.05, 3.63) is 34.3 Å². The lowest BCUT2D eigenvalue weighted by Crippen LogP contribution is -2.25. The lowest BCUT2D eigenvalue weighted by Gasteiger charge is -2.09. The summed E-state index contributed by atoms with van der Waals surface area (Å²) in [4.78, 5) is 3.97. The minimum Gasteiger partial charge on any atom is -0.395 e. The molecule has 2 heterocycles. The van der Waals surface area contributed by atoms with E-state index in [1.54, 1.807) is 0 Å². The van der Waals surface area contributed by atoms with Gasteiger partial charge in [0.15, 0.2) is 17.3 Å². The molecule has 3 rings (SSSR count). The summed E-state index contributed by atoms with van der Waals surface area (Å²) < 4.78 is 34.5. The number of alkyl halides is 2. The van der Waals surface area contributed by atoms with Crippen LogP contribution in [0.5, 0.6) is 11.5 Å². The second-order valence-electron chi connectivity index (χ2n) is 4.14. The van der Waals surface area contributed by atoms with Gasteiger partial charge in [-0.2, -0.15) is 0 Å². The lowest BCUT2D eigenvalue weighted by molar-refractivity contribution is -0.286. The van der Waals surface area contributed by atoms with E-state index >= 15 is 0 Å². The van der Waals surface area contributed by atoms with E-state index in [9.17, 15) is 8.78 Å². The summed E-state index contributed by atoms with van der Waals surface area (Å²) in [6.07, 6.45) is -3.67. The number of nitrogens with one attached hydrogen (secondary N) is 1. The van der Waals surface area contributed by atoms with Crippen molar-refractivity contribution in [2.24, 2.45) is 0 Å². The summed E-state index contributed by atoms with van der Waals surface area (Å²) in [7, 11) is 0. The number of pyridine rings is 1. The number of nitrogen functional groups attached to an aromatic ring is 1. The van der Waals surface area contributed by atoms with Gasteiger partial charge in [0.1, 0.15) is 5.82 Å². The molecule has 110 valence electrons. The van der Waals surface area contributed by atoms with Gasteiger partial charge in [-0.3, -0.25) is 0 Å². The molecule has 9 heteroatoms. The van der Waals surface area contributed by atoms with Crippen LogP contribution in [0.15, 0.2) is 24.3 Å². The molecule has 1 aromatic heterocycles. The van der Waals surface area contributed by atoms with Gasteiger partial charge in [-0.1, -0.05) is 23.2 Å². The number of hydrogen-bond donors (Lipinski definition) is 2. The van der Waals surface area contributed by atoms with Crippen LogP contribution < -0.4 is 20.5 Å². The molecule has 0 amide bonds. The third-order valence-electron chi connectivity index (χ3n) is 2.62. The van der Waals surface area contributed by atoms with Gasteiger partial charge in [0.05, 0.1) is 10.0 Å². The highest BCUT2D eigenvalue weighted by Crippen LogP contribution is 2.42. The second kappa shape index (κ2) is 4.78. The zero-order valence-corrected chi connectivity index (χ0v) is 11.7. The first-order valence-electron chi connectivity index (χ1n) is 5.62. The molecule has 2 aromatic rings. The Morgan fingerprint density at radius 1 is 1.10 bits per heavy atom. The van der Waals surface area contributed by atoms with E-state index in [0.717, 1.165) is 0 Å². The number of rotatable bonds is 2. The Morgan fingerprint density at radius 2 is 1.81 bits per heavy atom. The van der Waals surface area contributed by atoms with Gasteiger partial charge >= 0.3 is 6.29 Å². The topological polar surface area (TPSA) is 69.4 Å². The van der Waals surface area contributed by atoms with Crippen molar-refractivity contribution >= 4 is 40.5 Å². The summed E-state index contributed by atoms with van der Waals surface area (Å²) >= 11 is 11.8. The molecule has 0 bridgehead atoms. The monoisotopic (exact) mass is 333 g/mol. The lowest BCUT2D eigenvalue weighted by atomic mass is 10.2. The van der Waals surface area contributed by atoms with E-state index in [2.05, 4.69) is 19.8 Å². The Morgan fingerprint density at radius 3 is 2.57 bits per heavy atom. The van der Waals surface area contributed by atoms with Gasteiger partial charge in [0.25, 0.3) is 0 Å². The molecule has 1 aromatic carbocycles. The third-order valence-corrected chi connectivity index (χ3v) is 3.21. The molecule has 0 atom stereocenters. The van der Waals surface area contributed by atoms with Crippen molar-refractivity contribution in [2.75, 3.05) is 11.1 Å². The number of nitrogens with zero attached hydrogens (tertiary/aromatic N) is 1. The number of nitrogens with two attached hydrogens (primary N) is 1. The molecular formula is C12H7Cl2F2N3O2. The molecule has 0 aliphatic carbocycles. The van der Waals surface area contributed by atoms with Crippen LogP contribution in [0.2, 0.25) is 10.0 Å². The molecule has 5 nitrogen and oxygen atoms in total. The first kappa shape index (κ1) is 14.0. The molecule has 21 heavy (non-hydrogen) atoms. The third kappa shape index (κ3) is 2.74. The molecule has 0 radical (unpaired) electrons. The highest BCUT2D eigenvalue weighted by atomic mass is 35.5. The average Bonchev–Trinajstić information content (AvgIpc) is 2.69. The molecule has 1 aliphatic rings. The molecule has 0 saturated heterocycles. The van der Waals surface area contributed by atoms with Crippen molar-refractivity contribution in [1.29, 1.82) is 0 Å². The predicted molar refractivity (Wildman–Crippen MR) is 74.6 cm³/mol. The summed E-state index contributed by atoms with van der Waals surface area (Å²) in [6.45, 7) is 0. The Balaban J connectivity index is 1.89. The number of anilines is 3. The SMILES string of the molecule is Nc1nc(Nc2ccc3c(c2)OC(F)(F)O3)c(Cl)cc1Cl. The smallest absolute Gasteiger partial charge is 0.395 e. The quantitative estimate of drug-likeness (QED) is 0.868. The van der Waals surface area contributed by atoms with Crippen molar-refractivity contribution in [3.8, 4) is 11.5 Å². The van der Waals surface area contributed by atoms with Gasteiger partial charge in [-0.15, -0.1) is 8.78 Å². The predicted octanol–water partition coefficient (Wildman–Crippen LogP) is 4.04. The van der Waals surface area contributed by atoms with Gasteiger partial charge in [-0.05, 0) is 18.2 Å². The molecular weight excluding hydrogens is 327 g/mol. The minimum absolute atomic E-state index is 0.0553. The Labute approximate surface area is 127 Å². The number of fused-ring (bicyclic) bond motifs is 1. The zero-order valence-electron chi connectivity index (χ0n) is 10.2. The molecule has 0 fully saturated rings. The maximum atomic E-state index is 12.9. The normalized spacial score (nSPS) is 15.0. The molecule has 0 spiro atoms. The van der Waals surface area contributed by atoms with Crippen LogP contribution in [0.25, 0.3) is 0 Å². The number of hydrogen-bond acceptors (Lipinski definition) is 5. The van der Waals surface area contributed by atoms with Crippen molar-refractivity contribution < 1.29 is 18.3 Å². The maximum absolute atomic E-state index is 12.9. The Kier molecular flexibility index (Phi) is 3.18. The highest BCUT2D eigenvalue weighted by Gasteiger charge is 2.43. The first-order chi connectivity index (χ1) is 9.84. The molecule has 3 N–H and O–H groups in total. The fourth-order valence-electron chi connectivity index (χ4n) is 1.73. The van der Waals surface area contributed by atoms with Gasteiger partial charge in [0, 0.05) is 11.8 Å². The van der Waals surface area contributed by atoms with Crippen LogP contribution in [0.4, 0.5) is 26.1 Å². The highest BCUT2D eigenvalue weighted by molar-refractivity contribution is 6.37. The van der Waals surface area contributed by atoms with E-state index < -0.39 is 6.29 Å². The van der Waals surface area contributed by atoms with Crippen LogP contribution >= 0.6 is 23.2 Å². The first-order valence-corrected chi connectivity index (χ1v) is 6.38. The van der Waals surface area contributed by atoms with E-state index in [0.29, 0.717) is 5.69 Å². The Bertz CT molecular complexity index is 728. The fraction of sp³-hybridized carbons (Fsp3) is 0.0833. The van der Waals surface area contributed by atoms with Crippen molar-refractivity contribution in [2.45, 2.75) is 6.29 Å². The number of ether oxygens (including phenoxy) is 2. The Hall–Kier alpha value is -1.99. The summed E-state index contributed by atoms with van der Waals surface area (Å²) in [5, 5.41) is 3.29. The van der Waals surface area contributed by atoms with E-state index in [1.165, 1.54) is 24.3 Å². The van der Waals surface area contributed by atoms with Crippen molar-refractivity contribution in [1.82, 2.24) is 4.98 Å². The van der Waals surface area contributed by atoms with Crippen LogP contribution in [0, 0.1) is 0 Å². The van der Waals surface area contributed by atoms with Gasteiger partial charge in [0.2, 0.25) is 0 Å². The number of aromatic nitrogens is 1. The largest absolute Gasteiger partial charge is 0.586 e. The van der Waals surface area contributed by atoms with Gasteiger partial charge in [-0.25, -0.2) is 4.98 Å². The fourth-order valence-corrected chi connectivity index (χ4v) is 2.14. The summed E-state index contributed by atoms with van der Waals surface area (Å²) in [5.41, 5.74) is 6.01. The van der Waals surface area contributed by atoms with Crippen molar-refractivity contribution in [3.63, 3.8) is 0 Å². The van der Waals surface area contributed by atoms with Crippen LogP contribution in [-0.4, -0.2) is 11.3 Å². The summed E-state index contributed by atoms with van der Waals surface area (Å²) in [6, 6.07) is 5.60. The standard InChI is InChI=1S/C12H7Cl2F2N3O2/c13-6-4-7(14)11(19-10(6)17)18-5-1-2-8-9(3-5)21-12(15,16)20-8/h1-4H,(H3,17,18,19). The van der Waals surface area contributed by atoms with E-state index in [1.807, 2.05) is 0 Å². The zero-order chi connectivity index (χ0) is 15.2. The van der Waals surface area contributed by atoms with Crippen LogP contribution in [0.1, 0.15) is 0 Å². The average molecular weight is 334 g/mol.